The van der Waals surface area contributed by atoms with Crippen LogP contribution >= 0.6 is 11.3 Å². The van der Waals surface area contributed by atoms with Crippen molar-refractivity contribution in [2.24, 2.45) is 0 Å². The average molecular weight is 289 g/mol. The van der Waals surface area contributed by atoms with Crippen LogP contribution in [0.5, 0.6) is 5.75 Å². The fourth-order valence-electron chi connectivity index (χ4n) is 2.34. The van der Waals surface area contributed by atoms with Crippen LogP contribution in [0.15, 0.2) is 41.8 Å². The molecule has 1 aromatic carbocycles. The van der Waals surface area contributed by atoms with Gasteiger partial charge < -0.3 is 10.1 Å². The molecule has 0 saturated heterocycles. The van der Waals surface area contributed by atoms with Crippen molar-refractivity contribution in [1.29, 1.82) is 0 Å². The lowest BCUT2D eigenvalue weighted by Gasteiger charge is -2.18. The van der Waals surface area contributed by atoms with Crippen LogP contribution < -0.4 is 10.1 Å². The minimum Gasteiger partial charge on any atom is -0.494 e. The molecule has 108 valence electrons. The molecule has 1 unspecified atom stereocenters. The average Bonchev–Trinajstić information content (AvgIpc) is 2.98. The minimum atomic E-state index is 0.415. The predicted molar refractivity (Wildman–Crippen MR) is 86.7 cm³/mol. The third-order valence-electron chi connectivity index (χ3n) is 3.30. The standard InChI is InChI=1S/C17H23NOS/c1-3-18-17(12-11-16-6-5-13-20-16)14-7-9-15(10-8-14)19-4-2/h5-10,13,17-18H,3-4,11-12H2,1-2H3. The third kappa shape index (κ3) is 4.36. The van der Waals surface area contributed by atoms with Gasteiger partial charge in [-0.25, -0.2) is 0 Å². The van der Waals surface area contributed by atoms with Gasteiger partial charge in [-0.05, 0) is 55.5 Å². The molecular formula is C17H23NOS. The quantitative estimate of drug-likeness (QED) is 0.776. The summed E-state index contributed by atoms with van der Waals surface area (Å²) in [5.41, 5.74) is 1.34. The highest BCUT2D eigenvalue weighted by Gasteiger charge is 2.10. The second-order valence-electron chi connectivity index (χ2n) is 4.73. The van der Waals surface area contributed by atoms with Crippen LogP contribution in [0.2, 0.25) is 0 Å². The molecule has 3 heteroatoms. The van der Waals surface area contributed by atoms with Gasteiger partial charge in [-0.1, -0.05) is 25.1 Å². The predicted octanol–water partition coefficient (Wildman–Crippen LogP) is 4.43. The summed E-state index contributed by atoms with van der Waals surface area (Å²) in [5, 5.41) is 5.72. The number of thiophene rings is 1. The Kier molecular flexibility index (Phi) is 6.09. The highest BCUT2D eigenvalue weighted by Crippen LogP contribution is 2.23. The van der Waals surface area contributed by atoms with Gasteiger partial charge >= 0.3 is 0 Å². The van der Waals surface area contributed by atoms with E-state index < -0.39 is 0 Å². The molecule has 1 atom stereocenters. The minimum absolute atomic E-state index is 0.415. The van der Waals surface area contributed by atoms with E-state index in [1.54, 1.807) is 0 Å². The van der Waals surface area contributed by atoms with Gasteiger partial charge in [-0.15, -0.1) is 11.3 Å². The Morgan fingerprint density at radius 1 is 1.15 bits per heavy atom. The number of hydrogen-bond acceptors (Lipinski definition) is 3. The van der Waals surface area contributed by atoms with Crippen LogP contribution in [0.25, 0.3) is 0 Å². The third-order valence-corrected chi connectivity index (χ3v) is 4.24. The Labute approximate surface area is 125 Å². The number of ether oxygens (including phenoxy) is 1. The first-order valence-corrected chi connectivity index (χ1v) is 8.20. The zero-order valence-corrected chi connectivity index (χ0v) is 13.1. The molecular weight excluding hydrogens is 266 g/mol. The van der Waals surface area contributed by atoms with Crippen molar-refractivity contribution >= 4 is 11.3 Å². The molecule has 0 aliphatic heterocycles. The van der Waals surface area contributed by atoms with E-state index >= 15 is 0 Å². The first-order valence-electron chi connectivity index (χ1n) is 7.32. The van der Waals surface area contributed by atoms with E-state index in [1.165, 1.54) is 10.4 Å². The molecule has 0 aliphatic carbocycles. The second-order valence-corrected chi connectivity index (χ2v) is 5.76. The van der Waals surface area contributed by atoms with Crippen LogP contribution in [-0.4, -0.2) is 13.2 Å². The van der Waals surface area contributed by atoms with E-state index in [4.69, 9.17) is 4.74 Å². The van der Waals surface area contributed by atoms with Crippen LogP contribution in [-0.2, 0) is 6.42 Å². The van der Waals surface area contributed by atoms with Crippen LogP contribution in [0, 0.1) is 0 Å². The summed E-state index contributed by atoms with van der Waals surface area (Å²) in [7, 11) is 0. The van der Waals surface area contributed by atoms with Gasteiger partial charge in [0.25, 0.3) is 0 Å². The molecule has 1 heterocycles. The normalized spacial score (nSPS) is 12.3. The van der Waals surface area contributed by atoms with Gasteiger partial charge in [-0.3, -0.25) is 0 Å². The lowest BCUT2D eigenvalue weighted by molar-refractivity contribution is 0.340. The fraction of sp³-hybridized carbons (Fsp3) is 0.412. The van der Waals surface area contributed by atoms with Gasteiger partial charge in [0.2, 0.25) is 0 Å². The van der Waals surface area contributed by atoms with Crippen molar-refractivity contribution in [3.05, 3.63) is 52.2 Å². The van der Waals surface area contributed by atoms with Crippen molar-refractivity contribution in [3.8, 4) is 5.75 Å². The number of hydrogen-bond donors (Lipinski definition) is 1. The lowest BCUT2D eigenvalue weighted by Crippen LogP contribution is -2.21. The summed E-state index contributed by atoms with van der Waals surface area (Å²) in [6.45, 7) is 5.87. The smallest absolute Gasteiger partial charge is 0.119 e. The zero-order chi connectivity index (χ0) is 14.2. The Morgan fingerprint density at radius 2 is 1.95 bits per heavy atom. The molecule has 20 heavy (non-hydrogen) atoms. The molecule has 0 fully saturated rings. The number of rotatable bonds is 8. The molecule has 0 radical (unpaired) electrons. The van der Waals surface area contributed by atoms with Crippen molar-refractivity contribution in [2.45, 2.75) is 32.7 Å². The Balaban J connectivity index is 1.99. The molecule has 0 saturated carbocycles. The molecule has 2 rings (SSSR count). The Morgan fingerprint density at radius 3 is 2.55 bits per heavy atom. The molecule has 0 aliphatic rings. The number of benzene rings is 1. The number of aryl methyl sites for hydroxylation is 1. The highest BCUT2D eigenvalue weighted by atomic mass is 32.1. The summed E-state index contributed by atoms with van der Waals surface area (Å²) in [6.07, 6.45) is 2.25. The first kappa shape index (κ1) is 15.1. The molecule has 0 amide bonds. The summed E-state index contributed by atoms with van der Waals surface area (Å²) in [4.78, 5) is 1.46. The Bertz CT molecular complexity index is 478. The lowest BCUT2D eigenvalue weighted by atomic mass is 10.0. The van der Waals surface area contributed by atoms with Crippen molar-refractivity contribution < 1.29 is 4.74 Å². The molecule has 2 aromatic rings. The maximum atomic E-state index is 5.50. The van der Waals surface area contributed by atoms with Crippen molar-refractivity contribution in [1.82, 2.24) is 5.32 Å². The van der Waals surface area contributed by atoms with Gasteiger partial charge in [-0.2, -0.15) is 0 Å². The molecule has 0 spiro atoms. The fourth-order valence-corrected chi connectivity index (χ4v) is 3.06. The highest BCUT2D eigenvalue weighted by molar-refractivity contribution is 7.09. The van der Waals surface area contributed by atoms with Crippen LogP contribution in [0.1, 0.15) is 36.8 Å². The second kappa shape index (κ2) is 8.08. The largest absolute Gasteiger partial charge is 0.494 e. The van der Waals surface area contributed by atoms with E-state index in [2.05, 4.69) is 54.0 Å². The van der Waals surface area contributed by atoms with E-state index in [0.29, 0.717) is 12.6 Å². The maximum Gasteiger partial charge on any atom is 0.119 e. The summed E-state index contributed by atoms with van der Waals surface area (Å²) >= 11 is 1.84. The molecule has 1 N–H and O–H groups in total. The van der Waals surface area contributed by atoms with Gasteiger partial charge in [0, 0.05) is 10.9 Å². The zero-order valence-electron chi connectivity index (χ0n) is 12.3. The van der Waals surface area contributed by atoms with E-state index in [9.17, 15) is 0 Å². The van der Waals surface area contributed by atoms with Crippen LogP contribution in [0.4, 0.5) is 0 Å². The molecule has 1 aromatic heterocycles. The molecule has 0 bridgehead atoms. The number of nitrogens with one attached hydrogen (secondary N) is 1. The summed E-state index contributed by atoms with van der Waals surface area (Å²) < 4.78 is 5.50. The SMILES string of the molecule is CCNC(CCc1cccs1)c1ccc(OCC)cc1. The van der Waals surface area contributed by atoms with Gasteiger partial charge in [0.05, 0.1) is 6.61 Å². The summed E-state index contributed by atoms with van der Waals surface area (Å²) in [5.74, 6) is 0.949. The summed E-state index contributed by atoms with van der Waals surface area (Å²) in [6, 6.07) is 13.2. The maximum absolute atomic E-state index is 5.50. The molecule has 2 nitrogen and oxygen atoms in total. The van der Waals surface area contributed by atoms with Crippen LogP contribution in [0.3, 0.4) is 0 Å². The van der Waals surface area contributed by atoms with Crippen molar-refractivity contribution in [3.63, 3.8) is 0 Å². The monoisotopic (exact) mass is 289 g/mol. The van der Waals surface area contributed by atoms with Gasteiger partial charge in [0.1, 0.15) is 5.75 Å². The first-order chi connectivity index (χ1) is 9.83. The van der Waals surface area contributed by atoms with Gasteiger partial charge in [0.15, 0.2) is 0 Å². The van der Waals surface area contributed by atoms with E-state index in [-0.39, 0.29) is 0 Å². The Hall–Kier alpha value is -1.32. The van der Waals surface area contributed by atoms with E-state index in [0.717, 1.165) is 25.1 Å². The topological polar surface area (TPSA) is 21.3 Å². The van der Waals surface area contributed by atoms with E-state index in [1.807, 2.05) is 18.3 Å². The van der Waals surface area contributed by atoms with Crippen molar-refractivity contribution in [2.75, 3.05) is 13.2 Å².